The van der Waals surface area contributed by atoms with Crippen LogP contribution in [0.25, 0.3) is 0 Å². The molecule has 1 heterocycles. The maximum atomic E-state index is 11.4. The van der Waals surface area contributed by atoms with Gasteiger partial charge in [-0.15, -0.1) is 0 Å². The van der Waals surface area contributed by atoms with Crippen molar-refractivity contribution in [2.24, 2.45) is 0 Å². The number of benzene rings is 2. The number of nitrogens with zero attached hydrogens (tertiary/aromatic N) is 1. The van der Waals surface area contributed by atoms with E-state index in [2.05, 4.69) is 10.3 Å². The summed E-state index contributed by atoms with van der Waals surface area (Å²) in [5.74, 6) is -0.451. The van der Waals surface area contributed by atoms with Crippen LogP contribution in [0.3, 0.4) is 0 Å². The minimum Gasteiger partial charge on any atom is -0.477 e. The second-order valence-electron chi connectivity index (χ2n) is 7.61. The van der Waals surface area contributed by atoms with E-state index in [9.17, 15) is 15.0 Å². The number of hydrogen-bond donors (Lipinski definition) is 3. The Bertz CT molecular complexity index is 1090. The second kappa shape index (κ2) is 9.47. The molecule has 0 amide bonds. The van der Waals surface area contributed by atoms with E-state index >= 15 is 0 Å². The molecule has 0 spiro atoms. The van der Waals surface area contributed by atoms with E-state index in [4.69, 9.17) is 16.3 Å². The molecule has 0 saturated heterocycles. The van der Waals surface area contributed by atoms with Crippen LogP contribution < -0.4 is 10.1 Å². The second-order valence-corrected chi connectivity index (χ2v) is 8.05. The molecule has 0 bridgehead atoms. The van der Waals surface area contributed by atoms with Crippen molar-refractivity contribution in [3.05, 3.63) is 88.1 Å². The lowest BCUT2D eigenvalue weighted by Gasteiger charge is -2.27. The summed E-state index contributed by atoms with van der Waals surface area (Å²) in [7, 11) is 0. The number of halogens is 1. The highest BCUT2D eigenvalue weighted by Crippen LogP contribution is 2.29. The van der Waals surface area contributed by atoms with Gasteiger partial charge in [-0.3, -0.25) is 0 Å². The van der Waals surface area contributed by atoms with Crippen molar-refractivity contribution < 1.29 is 19.7 Å². The van der Waals surface area contributed by atoms with Crippen LogP contribution in [0, 0.1) is 0 Å². The van der Waals surface area contributed by atoms with E-state index in [0.717, 1.165) is 30.4 Å². The van der Waals surface area contributed by atoms with Gasteiger partial charge in [-0.25, -0.2) is 9.78 Å². The number of carbonyl (C=O) groups is 1. The quantitative estimate of drug-likeness (QED) is 0.506. The van der Waals surface area contributed by atoms with Gasteiger partial charge in [0.05, 0.1) is 6.10 Å². The average Bonchev–Trinajstić information content (AvgIpc) is 2.77. The lowest BCUT2D eigenvalue weighted by molar-refractivity contribution is 0.0693. The molecule has 3 N–H and O–H groups in total. The van der Waals surface area contributed by atoms with Crippen molar-refractivity contribution in [2.45, 2.75) is 31.4 Å². The van der Waals surface area contributed by atoms with E-state index in [1.165, 1.54) is 17.8 Å². The van der Waals surface area contributed by atoms with Gasteiger partial charge in [0.15, 0.2) is 0 Å². The van der Waals surface area contributed by atoms with Crippen LogP contribution in [0.4, 0.5) is 0 Å². The molecule has 1 aliphatic rings. The summed E-state index contributed by atoms with van der Waals surface area (Å²) in [5.41, 5.74) is 3.21. The topological polar surface area (TPSA) is 91.7 Å². The first-order valence-corrected chi connectivity index (χ1v) is 10.5. The molecule has 0 saturated carbocycles. The van der Waals surface area contributed by atoms with Crippen LogP contribution in [0.15, 0.2) is 60.8 Å². The highest BCUT2D eigenvalue weighted by molar-refractivity contribution is 6.30. The molecule has 0 fully saturated rings. The van der Waals surface area contributed by atoms with E-state index in [-0.39, 0.29) is 17.5 Å². The Labute approximate surface area is 185 Å². The fraction of sp³-hybridized carbons (Fsp3) is 0.250. The van der Waals surface area contributed by atoms with Crippen LogP contribution in [0.5, 0.6) is 11.6 Å². The first-order chi connectivity index (χ1) is 15.0. The number of aromatic carboxylic acids is 1. The number of aromatic nitrogens is 1. The lowest BCUT2D eigenvalue weighted by Crippen LogP contribution is -2.37. The number of ether oxygens (including phenoxy) is 1. The van der Waals surface area contributed by atoms with Gasteiger partial charge in [0, 0.05) is 23.8 Å². The van der Waals surface area contributed by atoms with Crippen LogP contribution in [0.2, 0.25) is 5.02 Å². The summed E-state index contributed by atoms with van der Waals surface area (Å²) in [6.07, 6.45) is 3.56. The normalized spacial score (nSPS) is 16.4. The molecular weight excluding hydrogens is 416 g/mol. The number of aryl methyl sites for hydroxylation is 1. The Morgan fingerprint density at radius 1 is 1.19 bits per heavy atom. The molecule has 4 rings (SSSR count). The minimum atomic E-state index is -1.08. The molecule has 0 unspecified atom stereocenters. The van der Waals surface area contributed by atoms with Gasteiger partial charge in [0.25, 0.3) is 0 Å². The summed E-state index contributed by atoms with van der Waals surface area (Å²) >= 11 is 6.01. The SMILES string of the molecule is O=C(O)c1cccnc1Oc1ccc2c(c1)C[C@@H](NC[C@@H](O)c1cccc(Cl)c1)CC2. The number of rotatable bonds is 7. The van der Waals surface area contributed by atoms with Crippen LogP contribution in [-0.2, 0) is 12.8 Å². The molecule has 1 aliphatic carbocycles. The van der Waals surface area contributed by atoms with Crippen LogP contribution in [0.1, 0.15) is 39.6 Å². The Morgan fingerprint density at radius 3 is 2.87 bits per heavy atom. The number of aliphatic hydroxyl groups is 1. The number of pyridine rings is 1. The fourth-order valence-corrected chi connectivity index (χ4v) is 4.03. The number of nitrogens with one attached hydrogen (secondary N) is 1. The monoisotopic (exact) mass is 438 g/mol. The number of aliphatic hydroxyl groups excluding tert-OH is 1. The highest BCUT2D eigenvalue weighted by Gasteiger charge is 2.21. The number of hydrogen-bond acceptors (Lipinski definition) is 5. The summed E-state index contributed by atoms with van der Waals surface area (Å²) in [4.78, 5) is 15.4. The van der Waals surface area contributed by atoms with E-state index in [1.54, 1.807) is 18.2 Å². The zero-order chi connectivity index (χ0) is 21.8. The number of carboxylic acids is 1. The Balaban J connectivity index is 1.41. The molecule has 6 nitrogen and oxygen atoms in total. The minimum absolute atomic E-state index is 0.0229. The predicted octanol–water partition coefficient (Wildman–Crippen LogP) is 4.41. The van der Waals surface area contributed by atoms with Gasteiger partial charge < -0.3 is 20.3 Å². The molecule has 160 valence electrons. The Morgan fingerprint density at radius 2 is 2.06 bits per heavy atom. The molecule has 2 aromatic carbocycles. The Kier molecular flexibility index (Phi) is 6.51. The third kappa shape index (κ3) is 5.22. The third-order valence-corrected chi connectivity index (χ3v) is 5.69. The van der Waals surface area contributed by atoms with Gasteiger partial charge in [0.2, 0.25) is 5.88 Å². The summed E-state index contributed by atoms with van der Waals surface area (Å²) in [6.45, 7) is 0.437. The van der Waals surface area contributed by atoms with E-state index in [1.807, 2.05) is 30.3 Å². The summed E-state index contributed by atoms with van der Waals surface area (Å²) in [5, 5.41) is 23.8. The molecule has 2 atom stereocenters. The van der Waals surface area contributed by atoms with Gasteiger partial charge >= 0.3 is 5.97 Å². The van der Waals surface area contributed by atoms with E-state index in [0.29, 0.717) is 17.3 Å². The van der Waals surface area contributed by atoms with Crippen molar-refractivity contribution in [3.8, 4) is 11.6 Å². The standard InChI is InChI=1S/C24H23ClN2O4/c25-18-4-1-3-16(11-18)22(28)14-27-19-8-6-15-7-9-20(13-17(15)12-19)31-23-21(24(29)30)5-2-10-26-23/h1-5,7,9-11,13,19,22,27-28H,6,8,12,14H2,(H,29,30)/t19-,22+/m0/s1. The maximum Gasteiger partial charge on any atom is 0.341 e. The fourth-order valence-electron chi connectivity index (χ4n) is 3.83. The maximum absolute atomic E-state index is 11.4. The predicted molar refractivity (Wildman–Crippen MR) is 118 cm³/mol. The van der Waals surface area contributed by atoms with Gasteiger partial charge in [-0.05, 0) is 72.4 Å². The van der Waals surface area contributed by atoms with Crippen LogP contribution in [-0.4, -0.2) is 33.8 Å². The zero-order valence-electron chi connectivity index (χ0n) is 16.8. The highest BCUT2D eigenvalue weighted by atomic mass is 35.5. The number of fused-ring (bicyclic) bond motifs is 1. The molecule has 3 aromatic rings. The molecule has 0 aliphatic heterocycles. The van der Waals surface area contributed by atoms with Crippen LogP contribution >= 0.6 is 11.6 Å². The largest absolute Gasteiger partial charge is 0.477 e. The molecule has 31 heavy (non-hydrogen) atoms. The average molecular weight is 439 g/mol. The summed E-state index contributed by atoms with van der Waals surface area (Å²) < 4.78 is 5.77. The smallest absolute Gasteiger partial charge is 0.341 e. The zero-order valence-corrected chi connectivity index (χ0v) is 17.5. The molecule has 0 radical (unpaired) electrons. The van der Waals surface area contributed by atoms with E-state index < -0.39 is 12.1 Å². The first-order valence-electron chi connectivity index (χ1n) is 10.1. The van der Waals surface area contributed by atoms with Crippen molar-refractivity contribution in [3.63, 3.8) is 0 Å². The Hall–Kier alpha value is -2.93. The van der Waals surface area contributed by atoms with Gasteiger partial charge in [-0.1, -0.05) is 29.8 Å². The molecule has 1 aromatic heterocycles. The first kappa shape index (κ1) is 21.3. The van der Waals surface area contributed by atoms with Gasteiger partial charge in [-0.2, -0.15) is 0 Å². The lowest BCUT2D eigenvalue weighted by atomic mass is 9.88. The van der Waals surface area contributed by atoms with Crippen molar-refractivity contribution in [1.82, 2.24) is 10.3 Å². The van der Waals surface area contributed by atoms with Gasteiger partial charge in [0.1, 0.15) is 11.3 Å². The van der Waals surface area contributed by atoms with Crippen molar-refractivity contribution in [1.29, 1.82) is 0 Å². The third-order valence-electron chi connectivity index (χ3n) is 5.46. The van der Waals surface area contributed by atoms with Crippen molar-refractivity contribution in [2.75, 3.05) is 6.54 Å². The summed E-state index contributed by atoms with van der Waals surface area (Å²) in [6, 6.07) is 16.3. The molecular formula is C24H23ClN2O4. The number of carboxylic acid groups (broad SMARTS) is 1. The molecule has 7 heteroatoms. The van der Waals surface area contributed by atoms with Crippen molar-refractivity contribution >= 4 is 17.6 Å².